The fourth-order valence-corrected chi connectivity index (χ4v) is 1.83. The molecule has 0 aliphatic heterocycles. The number of aromatic amines is 2. The van der Waals surface area contributed by atoms with Crippen molar-refractivity contribution in [2.75, 3.05) is 0 Å². The van der Waals surface area contributed by atoms with Crippen LogP contribution >= 0.6 is 0 Å². The predicted octanol–water partition coefficient (Wildman–Crippen LogP) is 0.631. The molecule has 6 heteroatoms. The molecule has 2 N–H and O–H groups in total. The van der Waals surface area contributed by atoms with E-state index in [1.165, 1.54) is 0 Å². The standard InChI is InChI=1S/C11H16N4O2/c1-4-15-10(16)8-9(14-11(15)17)13-7(12-8)5-6(2)3/h6H,4-5H2,1-3H3,(H,12,13)(H,14,17). The summed E-state index contributed by atoms with van der Waals surface area (Å²) in [5, 5.41) is 0. The minimum Gasteiger partial charge on any atom is -0.336 e. The number of fused-ring (bicyclic) bond motifs is 1. The summed E-state index contributed by atoms with van der Waals surface area (Å²) in [6.45, 7) is 6.25. The van der Waals surface area contributed by atoms with Gasteiger partial charge in [0.15, 0.2) is 5.65 Å². The topological polar surface area (TPSA) is 83.5 Å². The number of imidazole rings is 1. The molecular formula is C11H16N4O2. The molecule has 0 aromatic carbocycles. The molecule has 0 bridgehead atoms. The Morgan fingerprint density at radius 3 is 2.59 bits per heavy atom. The van der Waals surface area contributed by atoms with Crippen molar-refractivity contribution in [2.24, 2.45) is 5.92 Å². The summed E-state index contributed by atoms with van der Waals surface area (Å²) in [4.78, 5) is 33.3. The van der Waals surface area contributed by atoms with E-state index in [4.69, 9.17) is 0 Å². The summed E-state index contributed by atoms with van der Waals surface area (Å²) < 4.78 is 1.15. The van der Waals surface area contributed by atoms with Crippen molar-refractivity contribution < 1.29 is 0 Å². The zero-order chi connectivity index (χ0) is 12.6. The monoisotopic (exact) mass is 236 g/mol. The van der Waals surface area contributed by atoms with E-state index in [1.807, 2.05) is 0 Å². The second kappa shape index (κ2) is 4.20. The van der Waals surface area contributed by atoms with Gasteiger partial charge in [-0.05, 0) is 12.8 Å². The first kappa shape index (κ1) is 11.6. The number of rotatable bonds is 3. The van der Waals surface area contributed by atoms with Gasteiger partial charge in [0.25, 0.3) is 5.56 Å². The Morgan fingerprint density at radius 2 is 2.00 bits per heavy atom. The van der Waals surface area contributed by atoms with Gasteiger partial charge in [-0.15, -0.1) is 0 Å². The lowest BCUT2D eigenvalue weighted by molar-refractivity contribution is 0.627. The number of nitrogens with one attached hydrogen (secondary N) is 2. The minimum absolute atomic E-state index is 0.311. The van der Waals surface area contributed by atoms with Gasteiger partial charge in [-0.3, -0.25) is 14.3 Å². The van der Waals surface area contributed by atoms with E-state index in [-0.39, 0.29) is 5.56 Å². The lowest BCUT2D eigenvalue weighted by Crippen LogP contribution is -2.34. The summed E-state index contributed by atoms with van der Waals surface area (Å²) in [5.74, 6) is 1.17. The highest BCUT2D eigenvalue weighted by molar-refractivity contribution is 5.68. The van der Waals surface area contributed by atoms with Crippen LogP contribution in [0.4, 0.5) is 0 Å². The van der Waals surface area contributed by atoms with Crippen LogP contribution in [0.1, 0.15) is 26.6 Å². The average Bonchev–Trinajstić information content (AvgIpc) is 2.60. The van der Waals surface area contributed by atoms with Crippen LogP contribution in [0, 0.1) is 5.92 Å². The van der Waals surface area contributed by atoms with Crippen molar-refractivity contribution in [1.29, 1.82) is 0 Å². The van der Waals surface area contributed by atoms with Crippen LogP contribution < -0.4 is 11.2 Å². The van der Waals surface area contributed by atoms with Gasteiger partial charge in [0.2, 0.25) is 0 Å². The van der Waals surface area contributed by atoms with Gasteiger partial charge in [-0.2, -0.15) is 0 Å². The maximum Gasteiger partial charge on any atom is 0.330 e. The second-order valence-electron chi connectivity index (χ2n) is 4.48. The van der Waals surface area contributed by atoms with Gasteiger partial charge in [-0.25, -0.2) is 9.78 Å². The van der Waals surface area contributed by atoms with Crippen LogP contribution in [-0.2, 0) is 13.0 Å². The maximum atomic E-state index is 12.0. The largest absolute Gasteiger partial charge is 0.336 e. The van der Waals surface area contributed by atoms with Crippen LogP contribution in [0.5, 0.6) is 0 Å². The Bertz CT molecular complexity index is 648. The van der Waals surface area contributed by atoms with E-state index < -0.39 is 5.69 Å². The Kier molecular flexibility index (Phi) is 2.87. The number of hydrogen-bond donors (Lipinski definition) is 2. The highest BCUT2D eigenvalue weighted by Gasteiger charge is 2.11. The normalized spacial score (nSPS) is 11.5. The van der Waals surface area contributed by atoms with Gasteiger partial charge in [-0.1, -0.05) is 13.8 Å². The van der Waals surface area contributed by atoms with Crippen LogP contribution in [0.2, 0.25) is 0 Å². The van der Waals surface area contributed by atoms with E-state index in [2.05, 4.69) is 28.8 Å². The Balaban J connectivity index is 2.66. The van der Waals surface area contributed by atoms with Crippen molar-refractivity contribution in [2.45, 2.75) is 33.7 Å². The van der Waals surface area contributed by atoms with Crippen molar-refractivity contribution in [3.63, 3.8) is 0 Å². The lowest BCUT2D eigenvalue weighted by Gasteiger charge is -1.98. The van der Waals surface area contributed by atoms with Crippen molar-refractivity contribution in [3.8, 4) is 0 Å². The van der Waals surface area contributed by atoms with E-state index >= 15 is 0 Å². The Labute approximate surface area is 97.7 Å². The first-order valence-electron chi connectivity index (χ1n) is 5.74. The quantitative estimate of drug-likeness (QED) is 0.819. The highest BCUT2D eigenvalue weighted by atomic mass is 16.2. The van der Waals surface area contributed by atoms with E-state index in [0.717, 1.165) is 16.8 Å². The fourth-order valence-electron chi connectivity index (χ4n) is 1.83. The molecule has 0 aliphatic carbocycles. The number of nitrogens with zero attached hydrogens (tertiary/aromatic N) is 2. The third-order valence-corrected chi connectivity index (χ3v) is 2.60. The van der Waals surface area contributed by atoms with Gasteiger partial charge in [0.05, 0.1) is 0 Å². The summed E-state index contributed by atoms with van der Waals surface area (Å²) in [7, 11) is 0. The van der Waals surface area contributed by atoms with Gasteiger partial charge < -0.3 is 4.98 Å². The molecule has 2 aromatic rings. The predicted molar refractivity (Wildman–Crippen MR) is 65.2 cm³/mol. The lowest BCUT2D eigenvalue weighted by atomic mass is 10.1. The summed E-state index contributed by atoms with van der Waals surface area (Å²) in [6, 6.07) is 0. The van der Waals surface area contributed by atoms with Crippen LogP contribution in [0.3, 0.4) is 0 Å². The SMILES string of the molecule is CCn1c(=O)[nH]c2nc(CC(C)C)[nH]c2c1=O. The molecule has 0 amide bonds. The zero-order valence-corrected chi connectivity index (χ0v) is 10.2. The molecule has 0 atom stereocenters. The highest BCUT2D eigenvalue weighted by Crippen LogP contribution is 2.07. The molecule has 0 radical (unpaired) electrons. The van der Waals surface area contributed by atoms with Crippen molar-refractivity contribution in [3.05, 3.63) is 26.7 Å². The molecule has 0 spiro atoms. The van der Waals surface area contributed by atoms with Crippen molar-refractivity contribution in [1.82, 2.24) is 19.5 Å². The third-order valence-electron chi connectivity index (χ3n) is 2.60. The molecule has 2 heterocycles. The van der Waals surface area contributed by atoms with Crippen LogP contribution in [0.15, 0.2) is 9.59 Å². The van der Waals surface area contributed by atoms with E-state index in [1.54, 1.807) is 6.92 Å². The van der Waals surface area contributed by atoms with E-state index in [9.17, 15) is 9.59 Å². The minimum atomic E-state index is -0.410. The molecule has 0 unspecified atom stereocenters. The molecule has 0 saturated carbocycles. The summed E-state index contributed by atoms with van der Waals surface area (Å²) in [5.41, 5.74) is 0.00352. The second-order valence-corrected chi connectivity index (χ2v) is 4.48. The molecule has 0 saturated heterocycles. The van der Waals surface area contributed by atoms with Crippen LogP contribution in [-0.4, -0.2) is 19.5 Å². The summed E-state index contributed by atoms with van der Waals surface area (Å²) >= 11 is 0. The van der Waals surface area contributed by atoms with Crippen LogP contribution in [0.25, 0.3) is 11.2 Å². The average molecular weight is 236 g/mol. The Morgan fingerprint density at radius 1 is 1.29 bits per heavy atom. The zero-order valence-electron chi connectivity index (χ0n) is 10.2. The maximum absolute atomic E-state index is 12.0. The van der Waals surface area contributed by atoms with Gasteiger partial charge in [0.1, 0.15) is 11.3 Å². The first-order chi connectivity index (χ1) is 8.02. The number of hydrogen-bond acceptors (Lipinski definition) is 3. The van der Waals surface area contributed by atoms with E-state index in [0.29, 0.717) is 23.6 Å². The molecule has 0 fully saturated rings. The van der Waals surface area contributed by atoms with Crippen molar-refractivity contribution >= 4 is 11.2 Å². The molecule has 0 aliphatic rings. The molecule has 17 heavy (non-hydrogen) atoms. The fraction of sp³-hybridized carbons (Fsp3) is 0.545. The number of aromatic nitrogens is 4. The molecule has 6 nitrogen and oxygen atoms in total. The van der Waals surface area contributed by atoms with Gasteiger partial charge >= 0.3 is 5.69 Å². The van der Waals surface area contributed by atoms with Gasteiger partial charge in [0, 0.05) is 13.0 Å². The summed E-state index contributed by atoms with van der Waals surface area (Å²) in [6.07, 6.45) is 0.752. The molecule has 2 aromatic heterocycles. The first-order valence-corrected chi connectivity index (χ1v) is 5.74. The number of H-pyrrole nitrogens is 2. The smallest absolute Gasteiger partial charge is 0.330 e. The third kappa shape index (κ3) is 2.02. The molecular weight excluding hydrogens is 220 g/mol. The molecule has 2 rings (SSSR count). The molecule has 92 valence electrons. The Hall–Kier alpha value is -1.85.